The van der Waals surface area contributed by atoms with Crippen LogP contribution in [0.5, 0.6) is 5.75 Å². The Kier molecular flexibility index (Phi) is 5.12. The maximum absolute atomic E-state index is 9.25. The molecule has 322 valence electrons. The van der Waals surface area contributed by atoms with Crippen molar-refractivity contribution >= 4 is 17.1 Å². The third-order valence-electron chi connectivity index (χ3n) is 13.4. The molecule has 0 aliphatic carbocycles. The Bertz CT molecular complexity index is 3830. The molecule has 4 nitrogen and oxygen atoms in total. The number of pyridine rings is 1. The highest BCUT2D eigenvalue weighted by molar-refractivity contribution is 6.03. The molecular formula is C60H62N3O+. The van der Waals surface area contributed by atoms with Crippen LogP contribution in [0.15, 0.2) is 133 Å². The fraction of sp³-hybridized carbons (Fsp3) is 0.317. The zero-order valence-electron chi connectivity index (χ0n) is 56.2. The van der Waals surface area contributed by atoms with Gasteiger partial charge in [-0.3, -0.25) is 0 Å². The minimum Gasteiger partial charge on any atom is -0.410 e. The predicted molar refractivity (Wildman–Crippen MR) is 266 cm³/mol. The van der Waals surface area contributed by atoms with Gasteiger partial charge in [0, 0.05) is 60.5 Å². The van der Waals surface area contributed by atoms with Crippen LogP contribution in [0, 0.1) is 6.85 Å². The summed E-state index contributed by atoms with van der Waals surface area (Å²) in [5, 5.41) is 0. The summed E-state index contributed by atoms with van der Waals surface area (Å²) in [4.78, 5) is 4.05. The van der Waals surface area contributed by atoms with Gasteiger partial charge in [0.25, 0.3) is 0 Å². The van der Waals surface area contributed by atoms with Crippen LogP contribution in [0.25, 0.3) is 44.6 Å². The Morgan fingerprint density at radius 3 is 2.00 bits per heavy atom. The van der Waals surface area contributed by atoms with Crippen LogP contribution >= 0.6 is 0 Å². The van der Waals surface area contributed by atoms with Crippen LogP contribution in [0.2, 0.25) is 0 Å². The molecule has 1 aromatic heterocycles. The number of rotatable bonds is 3. The number of benzene rings is 6. The monoisotopic (exact) mass is 860 g/mol. The number of anilines is 3. The topological polar surface area (TPSA) is 19.6 Å². The second kappa shape index (κ2) is 13.2. The van der Waals surface area contributed by atoms with Gasteiger partial charge >= 0.3 is 5.85 Å². The lowest BCUT2D eigenvalue weighted by molar-refractivity contribution is -0.774. The van der Waals surface area contributed by atoms with Crippen LogP contribution in [0.1, 0.15) is 154 Å². The van der Waals surface area contributed by atoms with Crippen molar-refractivity contribution in [2.45, 2.75) is 123 Å². The average molecular weight is 860 g/mol. The number of aromatic nitrogens is 1. The van der Waals surface area contributed by atoms with Gasteiger partial charge in [-0.25, -0.2) is 4.90 Å². The largest absolute Gasteiger partial charge is 0.432 e. The molecule has 5 heterocycles. The first kappa shape index (κ1) is 24.8. The summed E-state index contributed by atoms with van der Waals surface area (Å²) < 4.78 is 180. The second-order valence-corrected chi connectivity index (χ2v) is 20.3. The molecule has 1 spiro atoms. The summed E-state index contributed by atoms with van der Waals surface area (Å²) in [7, 11) is 0. The number of fused-ring (bicyclic) bond motifs is 5. The predicted octanol–water partition coefficient (Wildman–Crippen LogP) is 15.2. The molecule has 7 aromatic rings. The van der Waals surface area contributed by atoms with E-state index in [0.717, 1.165) is 33.9 Å². The molecule has 11 rings (SSSR count). The standard InChI is InChI=1S/C60H62N3O/c1-36-22-24-37(25-23-36)39-28-29-61-51(30-39)46-33-41(57(5,6)7)32-45-43-20-17-21-50-53(43)63-55(62(50)49-27-26-40(56(2,3)4)31-44(49)38-18-15-14-16-19-38)47-34-42(58(8,9)10)35-48(59(11,12)13)54(47)64-60(61,63)52(45)46/h14-35,55H,1-13H3/q+1/i1D3,8D3,11D3,12D3,13D3,22D,23D,24D,25D. The van der Waals surface area contributed by atoms with Crippen LogP contribution < -0.4 is 19.1 Å². The van der Waals surface area contributed by atoms with Crippen LogP contribution in [-0.4, -0.2) is 0 Å². The minimum atomic E-state index is -3.86. The molecule has 0 amide bonds. The first-order valence-electron chi connectivity index (χ1n) is 31.2. The molecule has 0 saturated heterocycles. The number of hydrogen-bond acceptors (Lipinski definition) is 3. The van der Waals surface area contributed by atoms with E-state index in [0.29, 0.717) is 39.4 Å². The van der Waals surface area contributed by atoms with Gasteiger partial charge in [-0.1, -0.05) is 167 Å². The molecule has 4 aliphatic rings. The van der Waals surface area contributed by atoms with E-state index >= 15 is 0 Å². The van der Waals surface area contributed by atoms with E-state index in [1.807, 2.05) is 103 Å². The van der Waals surface area contributed by atoms with E-state index in [2.05, 4.69) is 26.8 Å². The summed E-state index contributed by atoms with van der Waals surface area (Å²) in [5.74, 6) is -2.47. The Morgan fingerprint density at radius 2 is 1.30 bits per heavy atom. The molecule has 0 saturated carbocycles. The number of ether oxygens (including phenoxy) is 1. The highest BCUT2D eigenvalue weighted by atomic mass is 16.5. The molecule has 2 atom stereocenters. The summed E-state index contributed by atoms with van der Waals surface area (Å²) in [6, 6.07) is 28.8. The first-order chi connectivity index (χ1) is 38.0. The minimum absolute atomic E-state index is 0.0723. The first-order valence-corrected chi connectivity index (χ1v) is 21.7. The number of hydrogen-bond donors (Lipinski definition) is 0. The van der Waals surface area contributed by atoms with E-state index in [-0.39, 0.29) is 27.7 Å². The van der Waals surface area contributed by atoms with Gasteiger partial charge < -0.3 is 9.64 Å². The molecule has 2 unspecified atom stereocenters. The second-order valence-electron chi connectivity index (χ2n) is 20.3. The molecule has 0 bridgehead atoms. The summed E-state index contributed by atoms with van der Waals surface area (Å²) in [5.41, 5.74) is -0.0977. The van der Waals surface area contributed by atoms with E-state index in [4.69, 9.17) is 15.7 Å². The maximum atomic E-state index is 9.25. The summed E-state index contributed by atoms with van der Waals surface area (Å²) >= 11 is 0. The Balaban J connectivity index is 1.37. The van der Waals surface area contributed by atoms with Crippen molar-refractivity contribution in [3.05, 3.63) is 172 Å². The van der Waals surface area contributed by atoms with Crippen LogP contribution in [0.4, 0.5) is 17.1 Å². The Hall–Kier alpha value is -6.13. The van der Waals surface area contributed by atoms with Crippen molar-refractivity contribution in [1.29, 1.82) is 0 Å². The molecular weight excluding hydrogens is 779 g/mol. The average Bonchev–Trinajstić information content (AvgIpc) is 1.68. The van der Waals surface area contributed by atoms with Gasteiger partial charge in [0.2, 0.25) is 5.69 Å². The third kappa shape index (κ3) is 5.76. The van der Waals surface area contributed by atoms with Crippen molar-refractivity contribution in [3.63, 3.8) is 0 Å². The summed E-state index contributed by atoms with van der Waals surface area (Å²) in [6.07, 6.45) is 0.369. The zero-order valence-corrected chi connectivity index (χ0v) is 37.2. The van der Waals surface area contributed by atoms with Crippen molar-refractivity contribution in [3.8, 4) is 50.4 Å². The molecule has 6 aromatic carbocycles. The van der Waals surface area contributed by atoms with E-state index in [1.54, 1.807) is 22.9 Å². The smallest absolute Gasteiger partial charge is 0.410 e. The molecule has 0 fully saturated rings. The van der Waals surface area contributed by atoms with E-state index in [1.165, 1.54) is 19.9 Å². The molecule has 0 N–H and O–H groups in total. The zero-order chi connectivity index (χ0) is 61.0. The van der Waals surface area contributed by atoms with Crippen LogP contribution in [-0.2, 0) is 27.5 Å². The quantitative estimate of drug-likeness (QED) is 0.165. The number of nitrogens with zero attached hydrogens (tertiary/aromatic N) is 3. The SMILES string of the molecule is [2H]c1c([2H])c(C([2H])([2H])[2H])c([2H])c([2H])c1-c1cc[n+]2c(c1)-c1cc(C(C)(C)C)cc3c1C21Oc2c(cc(C(C)(C)C([2H])([2H])[2H])cc2C(C([2H])([2H])[2H])(C([2H])([2H])[2H])C([2H])([2H])[2H])C2N(c4ccc(C(C)(C)C)cc4-c4ccccc4)c4cccc-3c4N21. The van der Waals surface area contributed by atoms with Gasteiger partial charge in [0.1, 0.15) is 17.5 Å². The van der Waals surface area contributed by atoms with Crippen molar-refractivity contribution in [2.75, 3.05) is 9.80 Å². The summed E-state index contributed by atoms with van der Waals surface area (Å²) in [6.45, 7) is -2.14. The molecule has 0 radical (unpaired) electrons. The highest BCUT2D eigenvalue weighted by Crippen LogP contribution is 2.68. The number of para-hydroxylation sites is 1. The Labute approximate surface area is 407 Å². The molecule has 4 aliphatic heterocycles. The molecule has 4 heteroatoms. The van der Waals surface area contributed by atoms with Crippen molar-refractivity contribution in [2.24, 2.45) is 0 Å². The van der Waals surface area contributed by atoms with E-state index in [9.17, 15) is 15.1 Å². The van der Waals surface area contributed by atoms with Gasteiger partial charge in [-0.05, 0) is 98.3 Å². The third-order valence-corrected chi connectivity index (χ3v) is 13.4. The normalized spacial score (nSPS) is 23.4. The maximum Gasteiger partial charge on any atom is 0.432 e. The van der Waals surface area contributed by atoms with Gasteiger partial charge in [-0.15, -0.1) is 4.57 Å². The van der Waals surface area contributed by atoms with Crippen molar-refractivity contribution in [1.82, 2.24) is 0 Å². The van der Waals surface area contributed by atoms with Gasteiger partial charge in [-0.2, -0.15) is 0 Å². The van der Waals surface area contributed by atoms with Gasteiger partial charge in [0.05, 0.1) is 28.1 Å². The van der Waals surface area contributed by atoms with E-state index < -0.39 is 104 Å². The fourth-order valence-electron chi connectivity index (χ4n) is 10.2. The fourth-order valence-corrected chi connectivity index (χ4v) is 10.2. The lowest BCUT2D eigenvalue weighted by atomic mass is 9.77. The lowest BCUT2D eigenvalue weighted by Crippen LogP contribution is -2.71. The lowest BCUT2D eigenvalue weighted by Gasteiger charge is -2.49. The van der Waals surface area contributed by atoms with Gasteiger partial charge in [0.15, 0.2) is 6.20 Å². The Morgan fingerprint density at radius 1 is 0.594 bits per heavy atom. The molecule has 64 heavy (non-hydrogen) atoms. The van der Waals surface area contributed by atoms with Crippen molar-refractivity contribution < 1.29 is 35.3 Å². The van der Waals surface area contributed by atoms with Crippen LogP contribution in [0.3, 0.4) is 0 Å². The highest BCUT2D eigenvalue weighted by Gasteiger charge is 2.70.